The number of anilines is 1. The molecular formula is C17H11ClN4O2S. The van der Waals surface area contributed by atoms with Crippen molar-refractivity contribution in [3.8, 4) is 0 Å². The van der Waals surface area contributed by atoms with Crippen LogP contribution in [0.2, 0.25) is 5.02 Å². The zero-order valence-electron chi connectivity index (χ0n) is 12.7. The minimum Gasteiger partial charge on any atom is -0.262 e. The molecule has 0 aliphatic carbocycles. The molecule has 2 aromatic heterocycles. The molecule has 8 heteroatoms. The van der Waals surface area contributed by atoms with Gasteiger partial charge in [-0.3, -0.25) is 9.71 Å². The fourth-order valence-electron chi connectivity index (χ4n) is 2.54. The molecule has 4 aromatic rings. The van der Waals surface area contributed by atoms with Crippen LogP contribution in [-0.2, 0) is 10.0 Å². The van der Waals surface area contributed by atoms with E-state index in [0.29, 0.717) is 21.6 Å². The highest BCUT2D eigenvalue weighted by Gasteiger charge is 2.19. The summed E-state index contributed by atoms with van der Waals surface area (Å²) >= 11 is 6.05. The molecule has 0 aliphatic rings. The first-order valence-electron chi connectivity index (χ1n) is 7.32. The van der Waals surface area contributed by atoms with Crippen LogP contribution in [0.4, 0.5) is 5.82 Å². The van der Waals surface area contributed by atoms with E-state index in [0.717, 1.165) is 5.39 Å². The van der Waals surface area contributed by atoms with Crippen LogP contribution in [-0.4, -0.2) is 23.4 Å². The van der Waals surface area contributed by atoms with E-state index in [2.05, 4.69) is 19.7 Å². The summed E-state index contributed by atoms with van der Waals surface area (Å²) in [5, 5.41) is 1.19. The van der Waals surface area contributed by atoms with E-state index < -0.39 is 10.0 Å². The fourth-order valence-corrected chi connectivity index (χ4v) is 3.93. The third-order valence-electron chi connectivity index (χ3n) is 3.65. The zero-order valence-corrected chi connectivity index (χ0v) is 14.3. The minimum absolute atomic E-state index is 0.0820. The summed E-state index contributed by atoms with van der Waals surface area (Å²) in [7, 11) is -3.87. The highest BCUT2D eigenvalue weighted by molar-refractivity contribution is 7.93. The number of pyridine rings is 1. The van der Waals surface area contributed by atoms with Gasteiger partial charge < -0.3 is 0 Å². The molecule has 0 aliphatic heterocycles. The lowest BCUT2D eigenvalue weighted by molar-refractivity contribution is 0.601. The van der Waals surface area contributed by atoms with Crippen LogP contribution in [0.1, 0.15) is 0 Å². The van der Waals surface area contributed by atoms with Gasteiger partial charge in [-0.05, 0) is 24.3 Å². The molecule has 0 atom stereocenters. The standard InChI is InChI=1S/C17H11ClN4O2S/c18-12-6-2-7-13-17(12)20-10-15(21-13)22-25(23,24)14-8-1-4-11-5-3-9-19-16(11)14/h1-10H,(H,21,22). The highest BCUT2D eigenvalue weighted by atomic mass is 35.5. The number of sulfonamides is 1. The van der Waals surface area contributed by atoms with Crippen molar-refractivity contribution < 1.29 is 8.42 Å². The van der Waals surface area contributed by atoms with Gasteiger partial charge in [-0.15, -0.1) is 0 Å². The maximum atomic E-state index is 12.8. The Kier molecular flexibility index (Phi) is 3.74. The average molecular weight is 371 g/mol. The van der Waals surface area contributed by atoms with Crippen molar-refractivity contribution in [3.05, 3.63) is 65.9 Å². The first kappa shape index (κ1) is 15.7. The first-order valence-corrected chi connectivity index (χ1v) is 9.18. The number of benzene rings is 2. The van der Waals surface area contributed by atoms with E-state index in [-0.39, 0.29) is 10.7 Å². The Morgan fingerprint density at radius 3 is 2.60 bits per heavy atom. The molecular weight excluding hydrogens is 360 g/mol. The van der Waals surface area contributed by atoms with Crippen molar-refractivity contribution in [2.45, 2.75) is 4.90 Å². The Bertz CT molecular complexity index is 1210. The molecule has 6 nitrogen and oxygen atoms in total. The van der Waals surface area contributed by atoms with Gasteiger partial charge in [0.2, 0.25) is 0 Å². The third kappa shape index (κ3) is 2.88. The van der Waals surface area contributed by atoms with Crippen LogP contribution in [0, 0.1) is 0 Å². The SMILES string of the molecule is O=S(=O)(Nc1cnc2c(Cl)cccc2n1)c1cccc2cccnc12. The normalized spacial score (nSPS) is 11.7. The lowest BCUT2D eigenvalue weighted by Gasteiger charge is -2.10. The van der Waals surface area contributed by atoms with Crippen LogP contribution in [0.3, 0.4) is 0 Å². The molecule has 0 fully saturated rings. The predicted molar refractivity (Wildman–Crippen MR) is 97.1 cm³/mol. The average Bonchev–Trinajstić information content (AvgIpc) is 2.61. The van der Waals surface area contributed by atoms with Crippen LogP contribution in [0.5, 0.6) is 0 Å². The Hall–Kier alpha value is -2.77. The molecule has 0 amide bonds. The van der Waals surface area contributed by atoms with Gasteiger partial charge in [-0.2, -0.15) is 0 Å². The molecule has 4 rings (SSSR count). The molecule has 2 heterocycles. The summed E-state index contributed by atoms with van der Waals surface area (Å²) in [6, 6.07) is 13.7. The van der Waals surface area contributed by atoms with Gasteiger partial charge in [-0.25, -0.2) is 18.4 Å². The van der Waals surface area contributed by atoms with E-state index in [1.54, 1.807) is 48.7 Å². The monoisotopic (exact) mass is 370 g/mol. The second-order valence-corrected chi connectivity index (χ2v) is 7.36. The topological polar surface area (TPSA) is 84.8 Å². The highest BCUT2D eigenvalue weighted by Crippen LogP contribution is 2.24. The molecule has 0 saturated carbocycles. The van der Waals surface area contributed by atoms with Gasteiger partial charge in [0.1, 0.15) is 10.4 Å². The molecule has 0 bridgehead atoms. The van der Waals surface area contributed by atoms with Crippen molar-refractivity contribution in [1.82, 2.24) is 15.0 Å². The van der Waals surface area contributed by atoms with Gasteiger partial charge in [0.05, 0.1) is 22.3 Å². The molecule has 2 aromatic carbocycles. The maximum absolute atomic E-state index is 12.8. The van der Waals surface area contributed by atoms with Crippen LogP contribution >= 0.6 is 11.6 Å². The van der Waals surface area contributed by atoms with Gasteiger partial charge in [0, 0.05) is 11.6 Å². The molecule has 1 N–H and O–H groups in total. The largest absolute Gasteiger partial charge is 0.265 e. The Morgan fingerprint density at radius 2 is 1.72 bits per heavy atom. The van der Waals surface area contributed by atoms with Crippen LogP contribution in [0.15, 0.2) is 65.8 Å². The molecule has 0 unspecified atom stereocenters. The van der Waals surface area contributed by atoms with Crippen molar-refractivity contribution in [1.29, 1.82) is 0 Å². The fraction of sp³-hybridized carbons (Fsp3) is 0. The lowest BCUT2D eigenvalue weighted by Crippen LogP contribution is -2.15. The molecule has 25 heavy (non-hydrogen) atoms. The number of nitrogens with zero attached hydrogens (tertiary/aromatic N) is 3. The Morgan fingerprint density at radius 1 is 0.920 bits per heavy atom. The second kappa shape index (κ2) is 5.94. The first-order chi connectivity index (χ1) is 12.0. The zero-order chi connectivity index (χ0) is 17.4. The maximum Gasteiger partial charge on any atom is 0.265 e. The van der Waals surface area contributed by atoms with E-state index in [1.807, 2.05) is 0 Å². The minimum atomic E-state index is -3.87. The second-order valence-electron chi connectivity index (χ2n) is 5.30. The van der Waals surface area contributed by atoms with Gasteiger partial charge in [0.15, 0.2) is 5.82 Å². The summed E-state index contributed by atoms with van der Waals surface area (Å²) in [5.74, 6) is 0.114. The number of hydrogen-bond acceptors (Lipinski definition) is 5. The Balaban J connectivity index is 1.79. The molecule has 0 spiro atoms. The van der Waals surface area contributed by atoms with Crippen molar-refractivity contribution >= 4 is 49.4 Å². The van der Waals surface area contributed by atoms with Gasteiger partial charge in [0.25, 0.3) is 10.0 Å². The van der Waals surface area contributed by atoms with Crippen molar-refractivity contribution in [2.24, 2.45) is 0 Å². The smallest absolute Gasteiger partial charge is 0.262 e. The summed E-state index contributed by atoms with van der Waals surface area (Å²) < 4.78 is 28.0. The molecule has 0 radical (unpaired) electrons. The Labute approximate surface area is 148 Å². The summed E-state index contributed by atoms with van der Waals surface area (Å²) in [4.78, 5) is 12.7. The van der Waals surface area contributed by atoms with Gasteiger partial charge in [-0.1, -0.05) is 35.9 Å². The predicted octanol–water partition coefficient (Wildman–Crippen LogP) is 3.63. The van der Waals surface area contributed by atoms with E-state index in [4.69, 9.17) is 11.6 Å². The summed E-state index contributed by atoms with van der Waals surface area (Å²) in [6.07, 6.45) is 2.89. The van der Waals surface area contributed by atoms with Crippen molar-refractivity contribution in [3.63, 3.8) is 0 Å². The number of rotatable bonds is 3. The van der Waals surface area contributed by atoms with E-state index >= 15 is 0 Å². The number of fused-ring (bicyclic) bond motifs is 2. The molecule has 124 valence electrons. The summed E-state index contributed by atoms with van der Waals surface area (Å²) in [6.45, 7) is 0. The number of hydrogen-bond donors (Lipinski definition) is 1. The van der Waals surface area contributed by atoms with E-state index in [1.165, 1.54) is 12.3 Å². The number of halogens is 1. The quantitative estimate of drug-likeness (QED) is 0.595. The number of para-hydroxylation sites is 2. The summed E-state index contributed by atoms with van der Waals surface area (Å²) in [5.41, 5.74) is 1.41. The number of aromatic nitrogens is 3. The lowest BCUT2D eigenvalue weighted by atomic mass is 10.2. The molecule has 0 saturated heterocycles. The third-order valence-corrected chi connectivity index (χ3v) is 5.34. The van der Waals surface area contributed by atoms with Crippen LogP contribution in [0.25, 0.3) is 21.9 Å². The van der Waals surface area contributed by atoms with Crippen LogP contribution < -0.4 is 4.72 Å². The van der Waals surface area contributed by atoms with Crippen molar-refractivity contribution in [2.75, 3.05) is 4.72 Å². The van der Waals surface area contributed by atoms with E-state index in [9.17, 15) is 8.42 Å². The van der Waals surface area contributed by atoms with Gasteiger partial charge >= 0.3 is 0 Å². The number of nitrogens with one attached hydrogen (secondary N) is 1.